The predicted octanol–water partition coefficient (Wildman–Crippen LogP) is 3.33. The van der Waals surface area contributed by atoms with Crippen molar-refractivity contribution in [3.05, 3.63) is 64.1 Å². The third-order valence-corrected chi connectivity index (χ3v) is 8.95. The van der Waals surface area contributed by atoms with Gasteiger partial charge in [-0.05, 0) is 54.7 Å². The van der Waals surface area contributed by atoms with Gasteiger partial charge in [0.2, 0.25) is 0 Å². The molecular formula is C27H28N2O6S2. The molecule has 194 valence electrons. The predicted molar refractivity (Wildman–Crippen MR) is 144 cm³/mol. The average molecular weight is 541 g/mol. The SMILES string of the molecule is CSCc1cc(-c2ccccn2)c2c(c1O)C(O)=C1C(=O)C3C(CC(O)=C(C(N)=O)C3(O)CS)CC1C2. The van der Waals surface area contributed by atoms with Gasteiger partial charge in [-0.3, -0.25) is 14.6 Å². The number of hydrogen-bond donors (Lipinski definition) is 6. The van der Waals surface area contributed by atoms with Crippen molar-refractivity contribution < 1.29 is 30.0 Å². The zero-order valence-electron chi connectivity index (χ0n) is 20.1. The van der Waals surface area contributed by atoms with Crippen molar-refractivity contribution in [1.82, 2.24) is 4.98 Å². The maximum absolute atomic E-state index is 14.0. The molecular weight excluding hydrogens is 512 g/mol. The van der Waals surface area contributed by atoms with Gasteiger partial charge in [0.15, 0.2) is 5.78 Å². The highest BCUT2D eigenvalue weighted by Gasteiger charge is 2.58. The lowest BCUT2D eigenvalue weighted by Gasteiger charge is -2.48. The zero-order valence-corrected chi connectivity index (χ0v) is 21.9. The van der Waals surface area contributed by atoms with Gasteiger partial charge in [-0.25, -0.2) is 0 Å². The van der Waals surface area contributed by atoms with E-state index >= 15 is 0 Å². The largest absolute Gasteiger partial charge is 0.512 e. The summed E-state index contributed by atoms with van der Waals surface area (Å²) in [6.07, 6.45) is 4.31. The molecule has 4 unspecified atom stereocenters. The Labute approximate surface area is 223 Å². The molecule has 5 rings (SSSR count). The van der Waals surface area contributed by atoms with Crippen LogP contribution in [0.5, 0.6) is 5.75 Å². The third kappa shape index (κ3) is 3.84. The maximum Gasteiger partial charge on any atom is 0.251 e. The van der Waals surface area contributed by atoms with E-state index in [-0.39, 0.29) is 40.6 Å². The lowest BCUT2D eigenvalue weighted by Crippen LogP contribution is -2.58. The molecule has 0 spiro atoms. The van der Waals surface area contributed by atoms with Gasteiger partial charge in [0.25, 0.3) is 5.91 Å². The van der Waals surface area contributed by atoms with E-state index in [9.17, 15) is 30.0 Å². The van der Waals surface area contributed by atoms with E-state index in [0.29, 0.717) is 35.4 Å². The Balaban J connectivity index is 1.72. The maximum atomic E-state index is 14.0. The normalized spacial score (nSPS) is 27.0. The molecule has 10 heteroatoms. The first-order valence-corrected chi connectivity index (χ1v) is 14.0. The van der Waals surface area contributed by atoms with Gasteiger partial charge >= 0.3 is 0 Å². The summed E-state index contributed by atoms with van der Waals surface area (Å²) >= 11 is 5.72. The van der Waals surface area contributed by atoms with E-state index in [0.717, 1.165) is 5.56 Å². The summed E-state index contributed by atoms with van der Waals surface area (Å²) in [7, 11) is 0. The number of phenols is 1. The molecule has 1 aromatic heterocycles. The van der Waals surface area contributed by atoms with Crippen molar-refractivity contribution in [3.63, 3.8) is 0 Å². The number of aliphatic hydroxyl groups is 3. The first kappa shape index (κ1) is 25.7. The van der Waals surface area contributed by atoms with Gasteiger partial charge in [-0.2, -0.15) is 24.4 Å². The van der Waals surface area contributed by atoms with E-state index in [4.69, 9.17) is 5.73 Å². The van der Waals surface area contributed by atoms with E-state index in [1.54, 1.807) is 12.3 Å². The summed E-state index contributed by atoms with van der Waals surface area (Å²) in [5, 5.41) is 44.9. The van der Waals surface area contributed by atoms with Gasteiger partial charge in [0, 0.05) is 40.8 Å². The Morgan fingerprint density at radius 3 is 2.65 bits per heavy atom. The standard InChI is InChI=1S/C27H28N2O6S2/c1-37-10-14-8-15(17-4-2-3-5-29-17)16-7-12-6-13-9-18(30)22(26(28)34)27(35,11-36)21(13)25(33)19(12)24(32)20(16)23(14)31/h2-5,8,12-13,21,30-32,35-36H,6-7,9-11H2,1H3,(H2,28,34). The number of amides is 1. The number of thiol groups is 1. The van der Waals surface area contributed by atoms with Crippen molar-refractivity contribution in [2.24, 2.45) is 23.5 Å². The van der Waals surface area contributed by atoms with Crippen LogP contribution in [0.15, 0.2) is 47.4 Å². The summed E-state index contributed by atoms with van der Waals surface area (Å²) in [6, 6.07) is 7.41. The molecule has 37 heavy (non-hydrogen) atoms. The number of Topliss-reactive ketones (excluding diaryl/α,β-unsaturated/α-hetero) is 1. The number of allylic oxidation sites excluding steroid dienone is 2. The summed E-state index contributed by atoms with van der Waals surface area (Å²) in [4.78, 5) is 30.6. The van der Waals surface area contributed by atoms with Gasteiger partial charge < -0.3 is 26.2 Å². The van der Waals surface area contributed by atoms with Crippen molar-refractivity contribution in [3.8, 4) is 17.0 Å². The molecule has 1 fully saturated rings. The summed E-state index contributed by atoms with van der Waals surface area (Å²) in [6.45, 7) is 0. The number of primary amides is 1. The average Bonchev–Trinajstić information content (AvgIpc) is 2.85. The lowest BCUT2D eigenvalue weighted by atomic mass is 9.56. The minimum atomic E-state index is -2.08. The molecule has 0 radical (unpaired) electrons. The molecule has 0 saturated heterocycles. The molecule has 0 aliphatic heterocycles. The Bertz CT molecular complexity index is 1370. The highest BCUT2D eigenvalue weighted by Crippen LogP contribution is 2.54. The number of rotatable bonds is 5. The highest BCUT2D eigenvalue weighted by atomic mass is 32.2. The third-order valence-electron chi connectivity index (χ3n) is 7.86. The van der Waals surface area contributed by atoms with Crippen LogP contribution in [-0.4, -0.2) is 54.7 Å². The smallest absolute Gasteiger partial charge is 0.251 e. The first-order valence-electron chi connectivity index (χ1n) is 11.9. The monoisotopic (exact) mass is 540 g/mol. The molecule has 1 heterocycles. The fourth-order valence-electron chi connectivity index (χ4n) is 6.43. The topological polar surface area (TPSA) is 154 Å². The van der Waals surface area contributed by atoms with Crippen LogP contribution in [-0.2, 0) is 21.8 Å². The van der Waals surface area contributed by atoms with Crippen molar-refractivity contribution in [2.45, 2.75) is 30.6 Å². The van der Waals surface area contributed by atoms with Gasteiger partial charge in [-0.15, -0.1) is 0 Å². The number of nitrogens with zero attached hydrogens (tertiary/aromatic N) is 1. The fraction of sp³-hybridized carbons (Fsp3) is 0.370. The number of pyridine rings is 1. The second-order valence-electron chi connectivity index (χ2n) is 9.91. The summed E-state index contributed by atoms with van der Waals surface area (Å²) in [5.74, 6) is -4.15. The molecule has 3 aliphatic carbocycles. The summed E-state index contributed by atoms with van der Waals surface area (Å²) < 4.78 is 0. The van der Waals surface area contributed by atoms with Crippen LogP contribution >= 0.6 is 24.4 Å². The summed E-state index contributed by atoms with van der Waals surface area (Å²) in [5.41, 5.74) is 6.04. The Kier molecular flexibility index (Phi) is 6.54. The molecule has 8 nitrogen and oxygen atoms in total. The van der Waals surface area contributed by atoms with Crippen LogP contribution in [0.2, 0.25) is 0 Å². The number of phenolic OH excluding ortho intramolecular Hbond substituents is 1. The van der Waals surface area contributed by atoms with E-state index < -0.39 is 40.6 Å². The number of aromatic nitrogens is 1. The number of nitrogens with two attached hydrogens (primary N) is 1. The number of aliphatic hydroxyl groups excluding tert-OH is 2. The van der Waals surface area contributed by atoms with Crippen molar-refractivity contribution in [2.75, 3.05) is 12.0 Å². The number of fused-ring (bicyclic) bond motifs is 3. The quantitative estimate of drug-likeness (QED) is 0.316. The Morgan fingerprint density at radius 2 is 2.03 bits per heavy atom. The van der Waals surface area contributed by atoms with Crippen LogP contribution in [0, 0.1) is 17.8 Å². The molecule has 1 amide bonds. The molecule has 6 N–H and O–H groups in total. The number of hydrogen-bond acceptors (Lipinski definition) is 9. The zero-order chi connectivity index (χ0) is 26.6. The minimum absolute atomic E-state index is 0.00712. The molecule has 1 saturated carbocycles. The lowest BCUT2D eigenvalue weighted by molar-refractivity contribution is -0.135. The Morgan fingerprint density at radius 1 is 1.27 bits per heavy atom. The first-order chi connectivity index (χ1) is 17.6. The molecule has 4 atom stereocenters. The van der Waals surface area contributed by atoms with Gasteiger partial charge in [0.05, 0.1) is 22.7 Å². The van der Waals surface area contributed by atoms with Crippen LogP contribution < -0.4 is 5.73 Å². The van der Waals surface area contributed by atoms with Crippen LogP contribution in [0.4, 0.5) is 0 Å². The van der Waals surface area contributed by atoms with Crippen LogP contribution in [0.3, 0.4) is 0 Å². The van der Waals surface area contributed by atoms with Crippen LogP contribution in [0.25, 0.3) is 17.0 Å². The highest BCUT2D eigenvalue weighted by molar-refractivity contribution is 7.97. The Hall–Kier alpha value is -2.95. The molecule has 3 aliphatic rings. The fourth-order valence-corrected chi connectivity index (χ4v) is 7.31. The number of carbonyl (C=O) groups excluding carboxylic acids is 2. The van der Waals surface area contributed by atoms with Crippen LogP contribution in [0.1, 0.15) is 29.5 Å². The second kappa shape index (κ2) is 9.41. The van der Waals surface area contributed by atoms with Gasteiger partial charge in [0.1, 0.15) is 22.9 Å². The van der Waals surface area contributed by atoms with Crippen molar-refractivity contribution >= 4 is 41.8 Å². The second-order valence-corrected chi connectivity index (χ2v) is 11.1. The minimum Gasteiger partial charge on any atom is -0.512 e. The van der Waals surface area contributed by atoms with E-state index in [1.165, 1.54) is 11.8 Å². The van der Waals surface area contributed by atoms with Crippen molar-refractivity contribution in [1.29, 1.82) is 0 Å². The number of benzene rings is 1. The van der Waals surface area contributed by atoms with Gasteiger partial charge in [-0.1, -0.05) is 6.07 Å². The van der Waals surface area contributed by atoms with E-state index in [2.05, 4.69) is 17.6 Å². The number of ketones is 1. The molecule has 2 aromatic rings. The number of carbonyl (C=O) groups is 2. The van der Waals surface area contributed by atoms with E-state index in [1.807, 2.05) is 24.5 Å². The molecule has 1 aromatic carbocycles. The molecule has 0 bridgehead atoms. The number of aromatic hydroxyl groups is 1. The number of thioether (sulfide) groups is 1.